The van der Waals surface area contributed by atoms with Gasteiger partial charge in [0, 0.05) is 0 Å². The van der Waals surface area contributed by atoms with Crippen LogP contribution in [0.3, 0.4) is 0 Å². The molecule has 8 nitrogen and oxygen atoms in total. The predicted octanol–water partition coefficient (Wildman–Crippen LogP) is 10.0. The molecule has 61 heavy (non-hydrogen) atoms. The van der Waals surface area contributed by atoms with E-state index in [4.69, 9.17) is 23.7 Å². The van der Waals surface area contributed by atoms with Gasteiger partial charge in [-0.15, -0.1) is 13.2 Å². The maximum Gasteiger partial charge on any atom is 0.573 e. The molecule has 5 atom stereocenters. The van der Waals surface area contributed by atoms with Gasteiger partial charge in [-0.3, -0.25) is 0 Å². The van der Waals surface area contributed by atoms with Crippen LogP contribution in [0.2, 0.25) is 0 Å². The number of hydrogen-bond acceptors (Lipinski definition) is 8. The van der Waals surface area contributed by atoms with Crippen molar-refractivity contribution in [3.8, 4) is 11.5 Å². The van der Waals surface area contributed by atoms with Gasteiger partial charge in [0.05, 0.1) is 32.0 Å². The number of halogens is 3. The van der Waals surface area contributed by atoms with E-state index in [1.807, 2.05) is 121 Å². The average molecular weight is 833 g/mol. The molecule has 0 aromatic heterocycles. The maximum atomic E-state index is 13.4. The van der Waals surface area contributed by atoms with Crippen molar-refractivity contribution in [2.24, 2.45) is 0 Å². The largest absolute Gasteiger partial charge is 0.573 e. The van der Waals surface area contributed by atoms with Crippen LogP contribution in [0.4, 0.5) is 13.2 Å². The second-order valence-corrected chi connectivity index (χ2v) is 14.8. The van der Waals surface area contributed by atoms with E-state index in [9.17, 15) is 23.4 Å². The van der Waals surface area contributed by atoms with Gasteiger partial charge in [-0.25, -0.2) is 0 Å². The van der Waals surface area contributed by atoms with E-state index in [-0.39, 0.29) is 49.9 Å². The van der Waals surface area contributed by atoms with Crippen molar-refractivity contribution in [1.82, 2.24) is 0 Å². The second-order valence-electron chi connectivity index (χ2n) is 14.8. The molecule has 6 aromatic rings. The van der Waals surface area contributed by atoms with Gasteiger partial charge in [-0.2, -0.15) is 0 Å². The summed E-state index contributed by atoms with van der Waals surface area (Å²) in [6.07, 6.45) is -9.40. The Morgan fingerprint density at radius 1 is 0.689 bits per heavy atom. The molecule has 1 saturated heterocycles. The van der Waals surface area contributed by atoms with Crippen LogP contribution in [0, 0.1) is 6.92 Å². The standard InChI is InChI=1S/C50H47F3O8/c1-34-27-44(57-30-37-17-9-4-10-18-37)43(28-42(34)46(54)40-23-25-41(26-24-40)60-50(51,52)53)49(55)48(59-32-39-21-13-6-14-22-39)47(58-31-38-19-11-5-12-20-38)35(2)45(61-49)33-56-29-36-15-7-3-8-16-36/h3-28,45-48,54-55H,2,29-33H2,1H3/t45-,46?,47+,48-,49?/m1/s1. The fraction of sp³-hybridized carbons (Fsp3) is 0.240. The number of alkyl halides is 3. The number of benzene rings is 6. The Hall–Kier alpha value is -5.79. The quantitative estimate of drug-likeness (QED) is 0.0878. The fourth-order valence-corrected chi connectivity index (χ4v) is 7.23. The number of hydrogen-bond donors (Lipinski definition) is 2. The van der Waals surface area contributed by atoms with E-state index in [1.165, 1.54) is 12.1 Å². The van der Waals surface area contributed by atoms with Gasteiger partial charge in [0.1, 0.15) is 42.5 Å². The fourth-order valence-electron chi connectivity index (χ4n) is 7.23. The Kier molecular flexibility index (Phi) is 14.0. The normalized spacial score (nSPS) is 19.6. The Balaban J connectivity index is 1.33. The lowest BCUT2D eigenvalue weighted by atomic mass is 9.84. The summed E-state index contributed by atoms with van der Waals surface area (Å²) in [6.45, 7) is 6.76. The highest BCUT2D eigenvalue weighted by atomic mass is 19.4. The molecule has 0 spiro atoms. The predicted molar refractivity (Wildman–Crippen MR) is 223 cm³/mol. The Labute approximate surface area is 353 Å². The topological polar surface area (TPSA) is 95.8 Å². The van der Waals surface area contributed by atoms with Gasteiger partial charge in [-0.05, 0) is 75.7 Å². The van der Waals surface area contributed by atoms with Crippen molar-refractivity contribution in [3.63, 3.8) is 0 Å². The minimum Gasteiger partial charge on any atom is -0.488 e. The summed E-state index contributed by atoms with van der Waals surface area (Å²) >= 11 is 0. The zero-order valence-electron chi connectivity index (χ0n) is 33.5. The summed E-state index contributed by atoms with van der Waals surface area (Å²) in [4.78, 5) is 0. The molecule has 0 radical (unpaired) electrons. The average Bonchev–Trinajstić information content (AvgIpc) is 3.26. The van der Waals surface area contributed by atoms with Crippen LogP contribution >= 0.6 is 0 Å². The van der Waals surface area contributed by atoms with Gasteiger partial charge in [0.25, 0.3) is 0 Å². The molecule has 0 bridgehead atoms. The van der Waals surface area contributed by atoms with Crippen LogP contribution in [0.1, 0.15) is 50.6 Å². The van der Waals surface area contributed by atoms with Crippen LogP contribution in [0.15, 0.2) is 170 Å². The molecular weight excluding hydrogens is 786 g/mol. The van der Waals surface area contributed by atoms with Crippen molar-refractivity contribution < 1.29 is 51.8 Å². The molecule has 0 saturated carbocycles. The molecule has 2 unspecified atom stereocenters. The van der Waals surface area contributed by atoms with Crippen molar-refractivity contribution >= 4 is 0 Å². The molecule has 1 fully saturated rings. The summed E-state index contributed by atoms with van der Waals surface area (Å²) in [6, 6.07) is 46.4. The summed E-state index contributed by atoms with van der Waals surface area (Å²) in [5, 5.41) is 25.3. The molecule has 1 heterocycles. The summed E-state index contributed by atoms with van der Waals surface area (Å²) in [5.74, 6) is -2.53. The first-order valence-corrected chi connectivity index (χ1v) is 19.8. The Morgan fingerprint density at radius 2 is 1.20 bits per heavy atom. The first kappa shape index (κ1) is 43.3. The summed E-state index contributed by atoms with van der Waals surface area (Å²) < 4.78 is 75.8. The second kappa shape index (κ2) is 19.7. The molecular formula is C50H47F3O8. The molecule has 1 aliphatic rings. The van der Waals surface area contributed by atoms with E-state index >= 15 is 0 Å². The van der Waals surface area contributed by atoms with Crippen molar-refractivity contribution in [3.05, 3.63) is 214 Å². The van der Waals surface area contributed by atoms with Crippen LogP contribution in [-0.4, -0.2) is 41.5 Å². The molecule has 2 N–H and O–H groups in total. The molecule has 0 amide bonds. The van der Waals surface area contributed by atoms with E-state index in [0.717, 1.165) is 34.4 Å². The smallest absolute Gasteiger partial charge is 0.488 e. The SMILES string of the molecule is C=C1[C@@H](COCc2ccccc2)OC(O)(c2cc(C(O)c3ccc(OC(F)(F)F)cc3)c(C)cc2OCc2ccccc2)[C@H](OCc2ccccc2)[C@H]1OCc1ccccc1. The van der Waals surface area contributed by atoms with E-state index < -0.39 is 42.3 Å². The number of ether oxygens (including phenoxy) is 6. The third-order valence-corrected chi connectivity index (χ3v) is 10.4. The van der Waals surface area contributed by atoms with Gasteiger partial charge < -0.3 is 38.6 Å². The van der Waals surface area contributed by atoms with E-state index in [0.29, 0.717) is 16.7 Å². The van der Waals surface area contributed by atoms with E-state index in [2.05, 4.69) is 11.3 Å². The molecule has 316 valence electrons. The zero-order valence-corrected chi connectivity index (χ0v) is 33.5. The molecule has 0 aliphatic carbocycles. The van der Waals surface area contributed by atoms with Crippen molar-refractivity contribution in [1.29, 1.82) is 0 Å². The lowest BCUT2D eigenvalue weighted by molar-refractivity contribution is -0.335. The highest BCUT2D eigenvalue weighted by Gasteiger charge is 2.55. The lowest BCUT2D eigenvalue weighted by Gasteiger charge is -2.48. The van der Waals surface area contributed by atoms with Crippen molar-refractivity contribution in [2.45, 2.75) is 69.9 Å². The van der Waals surface area contributed by atoms with Crippen LogP contribution in [0.25, 0.3) is 0 Å². The minimum absolute atomic E-state index is 0.0134. The van der Waals surface area contributed by atoms with Crippen LogP contribution in [0.5, 0.6) is 11.5 Å². The van der Waals surface area contributed by atoms with Gasteiger partial charge in [0.15, 0.2) is 0 Å². The minimum atomic E-state index is -4.88. The monoisotopic (exact) mass is 832 g/mol. The number of aliphatic hydroxyl groups is 2. The third-order valence-electron chi connectivity index (χ3n) is 10.4. The molecule has 1 aliphatic heterocycles. The van der Waals surface area contributed by atoms with Crippen LogP contribution in [-0.2, 0) is 51.2 Å². The molecule has 11 heteroatoms. The number of aryl methyl sites for hydroxylation is 1. The van der Waals surface area contributed by atoms with E-state index in [1.54, 1.807) is 19.1 Å². The third kappa shape index (κ3) is 11.1. The summed E-state index contributed by atoms with van der Waals surface area (Å²) in [5.41, 5.74) is 5.26. The summed E-state index contributed by atoms with van der Waals surface area (Å²) in [7, 11) is 0. The molecule has 7 rings (SSSR count). The Morgan fingerprint density at radius 3 is 1.74 bits per heavy atom. The first-order valence-electron chi connectivity index (χ1n) is 19.8. The van der Waals surface area contributed by atoms with Crippen molar-refractivity contribution in [2.75, 3.05) is 6.61 Å². The lowest BCUT2D eigenvalue weighted by Crippen LogP contribution is -2.59. The zero-order chi connectivity index (χ0) is 42.8. The number of rotatable bonds is 17. The van der Waals surface area contributed by atoms with Crippen LogP contribution < -0.4 is 9.47 Å². The first-order chi connectivity index (χ1) is 29.5. The highest BCUT2D eigenvalue weighted by Crippen LogP contribution is 2.47. The highest BCUT2D eigenvalue weighted by molar-refractivity contribution is 5.49. The van der Waals surface area contributed by atoms with Gasteiger partial charge in [-0.1, -0.05) is 140 Å². The maximum absolute atomic E-state index is 13.4. The Bertz CT molecular complexity index is 2310. The number of aliphatic hydroxyl groups excluding tert-OH is 1. The van der Waals surface area contributed by atoms with Gasteiger partial charge in [0.2, 0.25) is 5.79 Å². The van der Waals surface area contributed by atoms with Gasteiger partial charge >= 0.3 is 6.36 Å². The molecule has 6 aromatic carbocycles.